The summed E-state index contributed by atoms with van der Waals surface area (Å²) >= 11 is 0. The van der Waals surface area contributed by atoms with E-state index in [0.717, 1.165) is 17.7 Å². The Morgan fingerprint density at radius 3 is 2.43 bits per heavy atom. The lowest BCUT2D eigenvalue weighted by atomic mass is 10.1. The van der Waals surface area contributed by atoms with E-state index in [-0.39, 0.29) is 5.43 Å². The van der Waals surface area contributed by atoms with E-state index in [1.807, 2.05) is 37.3 Å². The average Bonchev–Trinajstić information content (AvgIpc) is 2.60. The fourth-order valence-corrected chi connectivity index (χ4v) is 2.34. The summed E-state index contributed by atoms with van der Waals surface area (Å²) in [6, 6.07) is 14.2. The Bertz CT molecular complexity index is 863. The van der Waals surface area contributed by atoms with Crippen LogP contribution in [0.4, 0.5) is 0 Å². The summed E-state index contributed by atoms with van der Waals surface area (Å²) in [6.45, 7) is 2.66. The van der Waals surface area contributed by atoms with E-state index in [2.05, 4.69) is 0 Å². The standard InChI is InChI=1S/C19H18O4/c1-3-10-22-15-8-9-18-16(11-15)17(20)12-19(23-18)13-4-6-14(21-2)7-5-13/h4-9,11-12H,3,10H2,1-2H3. The zero-order valence-corrected chi connectivity index (χ0v) is 13.2. The third-order valence-corrected chi connectivity index (χ3v) is 3.55. The zero-order valence-electron chi connectivity index (χ0n) is 13.2. The van der Waals surface area contributed by atoms with Crippen LogP contribution in [-0.2, 0) is 0 Å². The van der Waals surface area contributed by atoms with E-state index in [1.54, 1.807) is 19.2 Å². The lowest BCUT2D eigenvalue weighted by Gasteiger charge is -2.07. The smallest absolute Gasteiger partial charge is 0.193 e. The van der Waals surface area contributed by atoms with Gasteiger partial charge in [-0.15, -0.1) is 0 Å². The molecular formula is C19H18O4. The maximum absolute atomic E-state index is 12.4. The van der Waals surface area contributed by atoms with Crippen LogP contribution in [0, 0.1) is 0 Å². The molecule has 118 valence electrons. The van der Waals surface area contributed by atoms with Gasteiger partial charge in [0.2, 0.25) is 0 Å². The number of fused-ring (bicyclic) bond motifs is 1. The van der Waals surface area contributed by atoms with Crippen molar-refractivity contribution in [1.29, 1.82) is 0 Å². The third-order valence-electron chi connectivity index (χ3n) is 3.55. The molecule has 0 N–H and O–H groups in total. The Morgan fingerprint density at radius 1 is 1.00 bits per heavy atom. The van der Waals surface area contributed by atoms with E-state index in [1.165, 1.54) is 6.07 Å². The molecule has 0 aliphatic rings. The Balaban J connectivity index is 2.02. The van der Waals surface area contributed by atoms with E-state index in [0.29, 0.717) is 29.1 Å². The van der Waals surface area contributed by atoms with Crippen molar-refractivity contribution in [3.63, 3.8) is 0 Å². The molecule has 1 aromatic heterocycles. The van der Waals surface area contributed by atoms with Gasteiger partial charge in [0.05, 0.1) is 19.1 Å². The largest absolute Gasteiger partial charge is 0.497 e. The van der Waals surface area contributed by atoms with Crippen molar-refractivity contribution in [3.05, 3.63) is 58.8 Å². The second-order valence-corrected chi connectivity index (χ2v) is 5.21. The molecule has 3 aromatic rings. The van der Waals surface area contributed by atoms with E-state index < -0.39 is 0 Å². The zero-order chi connectivity index (χ0) is 16.2. The van der Waals surface area contributed by atoms with Crippen LogP contribution in [0.1, 0.15) is 13.3 Å². The first-order valence-electron chi connectivity index (χ1n) is 7.56. The van der Waals surface area contributed by atoms with Gasteiger partial charge in [-0.25, -0.2) is 0 Å². The van der Waals surface area contributed by atoms with Crippen LogP contribution in [-0.4, -0.2) is 13.7 Å². The number of benzene rings is 2. The normalized spacial score (nSPS) is 10.7. The molecule has 0 amide bonds. The summed E-state index contributed by atoms with van der Waals surface area (Å²) in [5, 5.41) is 0.524. The predicted octanol–water partition coefficient (Wildman–Crippen LogP) is 4.26. The van der Waals surface area contributed by atoms with Gasteiger partial charge in [-0.1, -0.05) is 6.92 Å². The van der Waals surface area contributed by atoms with Crippen LogP contribution in [0.15, 0.2) is 57.7 Å². The monoisotopic (exact) mass is 310 g/mol. The van der Waals surface area contributed by atoms with Crippen molar-refractivity contribution >= 4 is 11.0 Å². The number of hydrogen-bond donors (Lipinski definition) is 0. The molecule has 4 nitrogen and oxygen atoms in total. The van der Waals surface area contributed by atoms with Crippen molar-refractivity contribution in [2.75, 3.05) is 13.7 Å². The minimum atomic E-state index is -0.0842. The van der Waals surface area contributed by atoms with E-state index in [9.17, 15) is 4.79 Å². The lowest BCUT2D eigenvalue weighted by Crippen LogP contribution is -2.02. The Labute approximate surface area is 134 Å². The summed E-state index contributed by atoms with van der Waals surface area (Å²) in [4.78, 5) is 12.4. The third kappa shape index (κ3) is 3.21. The van der Waals surface area contributed by atoms with Gasteiger partial charge in [-0.05, 0) is 48.9 Å². The molecule has 4 heteroatoms. The second kappa shape index (κ2) is 6.57. The minimum Gasteiger partial charge on any atom is -0.497 e. The molecule has 0 unspecified atom stereocenters. The van der Waals surface area contributed by atoms with Crippen LogP contribution in [0.25, 0.3) is 22.3 Å². The molecule has 0 radical (unpaired) electrons. The first-order valence-corrected chi connectivity index (χ1v) is 7.56. The second-order valence-electron chi connectivity index (χ2n) is 5.21. The fraction of sp³-hybridized carbons (Fsp3) is 0.211. The van der Waals surface area contributed by atoms with Gasteiger partial charge in [0.15, 0.2) is 5.43 Å². The van der Waals surface area contributed by atoms with Gasteiger partial charge in [0.1, 0.15) is 22.8 Å². The molecule has 1 heterocycles. The quantitative estimate of drug-likeness (QED) is 0.706. The lowest BCUT2D eigenvalue weighted by molar-refractivity contribution is 0.317. The summed E-state index contributed by atoms with van der Waals surface area (Å²) in [5.74, 6) is 1.98. The van der Waals surface area contributed by atoms with Gasteiger partial charge in [0, 0.05) is 11.6 Å². The molecule has 0 spiro atoms. The Kier molecular flexibility index (Phi) is 4.33. The topological polar surface area (TPSA) is 48.7 Å². The molecular weight excluding hydrogens is 292 g/mol. The number of hydrogen-bond acceptors (Lipinski definition) is 4. The summed E-state index contributed by atoms with van der Waals surface area (Å²) in [5.41, 5.74) is 1.29. The summed E-state index contributed by atoms with van der Waals surface area (Å²) in [7, 11) is 1.61. The summed E-state index contributed by atoms with van der Waals surface area (Å²) < 4.78 is 16.6. The molecule has 0 saturated heterocycles. The fourth-order valence-electron chi connectivity index (χ4n) is 2.34. The average molecular weight is 310 g/mol. The van der Waals surface area contributed by atoms with Crippen LogP contribution in [0.3, 0.4) is 0 Å². The Hall–Kier alpha value is -2.75. The minimum absolute atomic E-state index is 0.0842. The van der Waals surface area contributed by atoms with Crippen LogP contribution in [0.5, 0.6) is 11.5 Å². The highest BCUT2D eigenvalue weighted by Crippen LogP contribution is 2.26. The van der Waals surface area contributed by atoms with Gasteiger partial charge < -0.3 is 13.9 Å². The summed E-state index contributed by atoms with van der Waals surface area (Å²) in [6.07, 6.45) is 0.920. The van der Waals surface area contributed by atoms with Crippen molar-refractivity contribution < 1.29 is 13.9 Å². The maximum atomic E-state index is 12.4. The molecule has 0 aliphatic heterocycles. The van der Waals surface area contributed by atoms with Crippen molar-refractivity contribution in [3.8, 4) is 22.8 Å². The molecule has 0 bridgehead atoms. The van der Waals surface area contributed by atoms with E-state index >= 15 is 0 Å². The molecule has 0 saturated carbocycles. The Morgan fingerprint density at radius 2 is 1.74 bits per heavy atom. The predicted molar refractivity (Wildman–Crippen MR) is 90.3 cm³/mol. The van der Waals surface area contributed by atoms with E-state index in [4.69, 9.17) is 13.9 Å². The number of methoxy groups -OCH3 is 1. The highest BCUT2D eigenvalue weighted by Gasteiger charge is 2.08. The molecule has 23 heavy (non-hydrogen) atoms. The molecule has 2 aromatic carbocycles. The highest BCUT2D eigenvalue weighted by atomic mass is 16.5. The van der Waals surface area contributed by atoms with Gasteiger partial charge in [0.25, 0.3) is 0 Å². The van der Waals surface area contributed by atoms with Gasteiger partial charge in [-0.2, -0.15) is 0 Å². The maximum Gasteiger partial charge on any atom is 0.193 e. The molecule has 3 rings (SSSR count). The SMILES string of the molecule is CCCOc1ccc2oc(-c3ccc(OC)cc3)cc(=O)c2c1. The highest BCUT2D eigenvalue weighted by molar-refractivity contribution is 5.80. The first-order chi connectivity index (χ1) is 11.2. The van der Waals surface area contributed by atoms with Crippen LogP contribution in [0.2, 0.25) is 0 Å². The molecule has 0 atom stereocenters. The molecule has 0 aliphatic carbocycles. The first kappa shape index (κ1) is 15.2. The van der Waals surface area contributed by atoms with Crippen LogP contribution < -0.4 is 14.9 Å². The number of rotatable bonds is 5. The van der Waals surface area contributed by atoms with Crippen LogP contribution >= 0.6 is 0 Å². The van der Waals surface area contributed by atoms with Gasteiger partial charge >= 0.3 is 0 Å². The van der Waals surface area contributed by atoms with Gasteiger partial charge in [-0.3, -0.25) is 4.79 Å². The molecule has 0 fully saturated rings. The van der Waals surface area contributed by atoms with Crippen molar-refractivity contribution in [1.82, 2.24) is 0 Å². The van der Waals surface area contributed by atoms with Crippen molar-refractivity contribution in [2.24, 2.45) is 0 Å². The number of ether oxygens (including phenoxy) is 2. The van der Waals surface area contributed by atoms with Crippen molar-refractivity contribution in [2.45, 2.75) is 13.3 Å².